The van der Waals surface area contributed by atoms with Crippen LogP contribution in [0.25, 0.3) is 0 Å². The third-order valence-electron chi connectivity index (χ3n) is 3.32. The van der Waals surface area contributed by atoms with E-state index in [0.29, 0.717) is 17.6 Å². The molecule has 0 saturated heterocycles. The predicted molar refractivity (Wildman–Crippen MR) is 78.5 cm³/mol. The molecule has 0 aliphatic heterocycles. The molecule has 0 fully saturated rings. The maximum Gasteiger partial charge on any atom is 0.127 e. The lowest BCUT2D eigenvalue weighted by Crippen LogP contribution is -2.22. The van der Waals surface area contributed by atoms with E-state index in [9.17, 15) is 4.39 Å². The van der Waals surface area contributed by atoms with Crippen LogP contribution in [0.5, 0.6) is 0 Å². The second kappa shape index (κ2) is 7.15. The van der Waals surface area contributed by atoms with Gasteiger partial charge in [0.15, 0.2) is 0 Å². The molecular formula is C15H24FNS. The van der Waals surface area contributed by atoms with Crippen molar-refractivity contribution in [2.75, 3.05) is 0 Å². The molecule has 1 aromatic carbocycles. The van der Waals surface area contributed by atoms with Gasteiger partial charge in [-0.05, 0) is 30.9 Å². The Balaban J connectivity index is 2.93. The van der Waals surface area contributed by atoms with Gasteiger partial charge in [-0.3, -0.25) is 0 Å². The number of hydrogen-bond acceptors (Lipinski definition) is 2. The van der Waals surface area contributed by atoms with Crippen LogP contribution in [0.1, 0.15) is 39.7 Å². The Bertz CT molecular complexity index is 379. The number of nitrogens with two attached hydrogens (primary N) is 1. The highest BCUT2D eigenvalue weighted by molar-refractivity contribution is 8.00. The highest BCUT2D eigenvalue weighted by Gasteiger charge is 2.16. The third kappa shape index (κ3) is 4.29. The molecule has 2 unspecified atom stereocenters. The fourth-order valence-electron chi connectivity index (χ4n) is 1.59. The van der Waals surface area contributed by atoms with Crippen molar-refractivity contribution in [1.29, 1.82) is 0 Å². The Morgan fingerprint density at radius 1 is 1.28 bits per heavy atom. The van der Waals surface area contributed by atoms with Crippen LogP contribution in [0, 0.1) is 11.7 Å². The van der Waals surface area contributed by atoms with Crippen molar-refractivity contribution in [2.45, 2.75) is 56.7 Å². The fourth-order valence-corrected chi connectivity index (χ4v) is 2.74. The van der Waals surface area contributed by atoms with E-state index in [1.54, 1.807) is 17.8 Å². The number of rotatable bonds is 6. The Morgan fingerprint density at radius 3 is 2.50 bits per heavy atom. The highest BCUT2D eigenvalue weighted by atomic mass is 32.2. The van der Waals surface area contributed by atoms with E-state index in [2.05, 4.69) is 20.8 Å². The molecule has 0 aromatic heterocycles. The topological polar surface area (TPSA) is 26.0 Å². The average Bonchev–Trinajstić information content (AvgIpc) is 2.33. The SMILES string of the molecule is CCC(N)Cc1c(F)cccc1SC(C)C(C)C. The van der Waals surface area contributed by atoms with E-state index in [-0.39, 0.29) is 11.9 Å². The standard InChI is InChI=1S/C15H24FNS/c1-5-12(17)9-13-14(16)7-6-8-15(13)18-11(4)10(2)3/h6-8,10-12H,5,9,17H2,1-4H3. The van der Waals surface area contributed by atoms with Gasteiger partial charge in [-0.15, -0.1) is 11.8 Å². The summed E-state index contributed by atoms with van der Waals surface area (Å²) in [6.07, 6.45) is 1.49. The molecule has 102 valence electrons. The Hall–Kier alpha value is -0.540. The molecule has 0 spiro atoms. The minimum Gasteiger partial charge on any atom is -0.327 e. The van der Waals surface area contributed by atoms with Gasteiger partial charge in [0.1, 0.15) is 5.82 Å². The van der Waals surface area contributed by atoms with Gasteiger partial charge in [-0.1, -0.05) is 33.8 Å². The Morgan fingerprint density at radius 2 is 1.94 bits per heavy atom. The van der Waals surface area contributed by atoms with Gasteiger partial charge in [-0.25, -0.2) is 4.39 Å². The summed E-state index contributed by atoms with van der Waals surface area (Å²) in [5.74, 6) is 0.450. The second-order valence-corrected chi connectivity index (χ2v) is 6.58. The van der Waals surface area contributed by atoms with Crippen LogP contribution in [0.2, 0.25) is 0 Å². The lowest BCUT2D eigenvalue weighted by Gasteiger charge is -2.19. The van der Waals surface area contributed by atoms with Crippen molar-refractivity contribution in [3.05, 3.63) is 29.6 Å². The van der Waals surface area contributed by atoms with Crippen LogP contribution >= 0.6 is 11.8 Å². The maximum atomic E-state index is 13.9. The van der Waals surface area contributed by atoms with Crippen LogP contribution in [0.15, 0.2) is 23.1 Å². The van der Waals surface area contributed by atoms with Gasteiger partial charge in [0, 0.05) is 21.8 Å². The predicted octanol–water partition coefficient (Wildman–Crippen LogP) is 4.24. The number of thioether (sulfide) groups is 1. The van der Waals surface area contributed by atoms with Gasteiger partial charge in [0.05, 0.1) is 0 Å². The zero-order chi connectivity index (χ0) is 13.7. The minimum absolute atomic E-state index is 0.0376. The van der Waals surface area contributed by atoms with Crippen molar-refractivity contribution in [3.63, 3.8) is 0 Å². The molecule has 0 aliphatic rings. The molecule has 0 heterocycles. The van der Waals surface area contributed by atoms with E-state index in [1.165, 1.54) is 6.07 Å². The van der Waals surface area contributed by atoms with Crippen LogP contribution < -0.4 is 5.73 Å². The summed E-state index contributed by atoms with van der Waals surface area (Å²) in [5, 5.41) is 0.475. The summed E-state index contributed by atoms with van der Waals surface area (Å²) in [7, 11) is 0. The van der Waals surface area contributed by atoms with Crippen molar-refractivity contribution < 1.29 is 4.39 Å². The average molecular weight is 269 g/mol. The molecule has 18 heavy (non-hydrogen) atoms. The summed E-state index contributed by atoms with van der Waals surface area (Å²) >= 11 is 1.75. The number of halogens is 1. The molecule has 2 N–H and O–H groups in total. The van der Waals surface area contributed by atoms with Gasteiger partial charge >= 0.3 is 0 Å². The summed E-state index contributed by atoms with van der Waals surface area (Å²) < 4.78 is 13.9. The maximum absolute atomic E-state index is 13.9. The zero-order valence-electron chi connectivity index (χ0n) is 11.7. The van der Waals surface area contributed by atoms with Gasteiger partial charge in [-0.2, -0.15) is 0 Å². The van der Waals surface area contributed by atoms with Crippen LogP contribution in [0.4, 0.5) is 4.39 Å². The van der Waals surface area contributed by atoms with E-state index in [1.807, 2.05) is 13.0 Å². The highest BCUT2D eigenvalue weighted by Crippen LogP contribution is 2.32. The third-order valence-corrected chi connectivity index (χ3v) is 4.87. The quantitative estimate of drug-likeness (QED) is 0.782. The normalized spacial score (nSPS) is 14.8. The summed E-state index contributed by atoms with van der Waals surface area (Å²) in [6.45, 7) is 8.60. The van der Waals surface area contributed by atoms with Gasteiger partial charge in [0.2, 0.25) is 0 Å². The van der Waals surface area contributed by atoms with Crippen LogP contribution in [-0.2, 0) is 6.42 Å². The van der Waals surface area contributed by atoms with Gasteiger partial charge < -0.3 is 5.73 Å². The fraction of sp³-hybridized carbons (Fsp3) is 0.600. The largest absolute Gasteiger partial charge is 0.327 e. The molecule has 2 atom stereocenters. The molecule has 1 aromatic rings. The minimum atomic E-state index is -0.125. The molecule has 1 nitrogen and oxygen atoms in total. The zero-order valence-corrected chi connectivity index (χ0v) is 12.6. The lowest BCUT2D eigenvalue weighted by atomic mass is 10.0. The first-order valence-electron chi connectivity index (χ1n) is 6.65. The number of benzene rings is 1. The van der Waals surface area contributed by atoms with Gasteiger partial charge in [0.25, 0.3) is 0 Å². The summed E-state index contributed by atoms with van der Waals surface area (Å²) in [4.78, 5) is 1.04. The molecule has 1 rings (SSSR count). The van der Waals surface area contributed by atoms with E-state index in [0.717, 1.165) is 16.9 Å². The first-order chi connectivity index (χ1) is 8.45. The van der Waals surface area contributed by atoms with Crippen LogP contribution in [0.3, 0.4) is 0 Å². The summed E-state index contributed by atoms with van der Waals surface area (Å²) in [5.41, 5.74) is 6.74. The lowest BCUT2D eigenvalue weighted by molar-refractivity contribution is 0.570. The molecule has 0 radical (unpaired) electrons. The molecular weight excluding hydrogens is 245 g/mol. The first kappa shape index (κ1) is 15.5. The molecule has 3 heteroatoms. The molecule has 0 bridgehead atoms. The first-order valence-corrected chi connectivity index (χ1v) is 7.53. The molecule has 0 aliphatic carbocycles. The van der Waals surface area contributed by atoms with E-state index >= 15 is 0 Å². The summed E-state index contributed by atoms with van der Waals surface area (Å²) in [6, 6.07) is 5.35. The molecule has 0 saturated carbocycles. The van der Waals surface area contributed by atoms with E-state index < -0.39 is 0 Å². The smallest absolute Gasteiger partial charge is 0.127 e. The van der Waals surface area contributed by atoms with Crippen molar-refractivity contribution in [2.24, 2.45) is 11.7 Å². The van der Waals surface area contributed by atoms with Crippen molar-refractivity contribution in [1.82, 2.24) is 0 Å². The molecule has 0 amide bonds. The second-order valence-electron chi connectivity index (χ2n) is 5.16. The monoisotopic (exact) mass is 269 g/mol. The van der Waals surface area contributed by atoms with Crippen LogP contribution in [-0.4, -0.2) is 11.3 Å². The van der Waals surface area contributed by atoms with Crippen molar-refractivity contribution >= 4 is 11.8 Å². The van der Waals surface area contributed by atoms with Crippen molar-refractivity contribution in [3.8, 4) is 0 Å². The van der Waals surface area contributed by atoms with E-state index in [4.69, 9.17) is 5.73 Å². The Kier molecular flexibility index (Phi) is 6.16. The Labute approximate surface area is 114 Å². The number of hydrogen-bond donors (Lipinski definition) is 1.